The van der Waals surface area contributed by atoms with Gasteiger partial charge in [-0.05, 0) is 25.5 Å². The highest BCUT2D eigenvalue weighted by atomic mass is 35.5. The Morgan fingerprint density at radius 3 is 2.56 bits per heavy atom. The Bertz CT molecular complexity index is 410. The van der Waals surface area contributed by atoms with Crippen molar-refractivity contribution in [1.82, 2.24) is 0 Å². The number of halogens is 1. The number of methoxy groups -OCH3 is 1. The number of hydrogen-bond acceptors (Lipinski definition) is 3. The van der Waals surface area contributed by atoms with Crippen molar-refractivity contribution >= 4 is 11.6 Å². The van der Waals surface area contributed by atoms with Crippen molar-refractivity contribution in [2.45, 2.75) is 26.4 Å². The van der Waals surface area contributed by atoms with E-state index in [-0.39, 0.29) is 12.5 Å². The molecule has 4 heteroatoms. The molecule has 0 bridgehead atoms. The fraction of sp³-hybridized carbons (Fsp3) is 0.417. The minimum Gasteiger partial charge on any atom is -0.493 e. The molecule has 0 aliphatic rings. The molecular weight excluding hydrogens is 226 g/mol. The third-order valence-corrected chi connectivity index (χ3v) is 2.32. The largest absolute Gasteiger partial charge is 0.493 e. The molecule has 0 aromatic heterocycles. The van der Waals surface area contributed by atoms with Crippen molar-refractivity contribution in [2.75, 3.05) is 7.11 Å². The maximum absolute atomic E-state index is 8.64. The van der Waals surface area contributed by atoms with Crippen LogP contribution in [0.4, 0.5) is 0 Å². The highest BCUT2D eigenvalue weighted by Gasteiger charge is 2.11. The lowest BCUT2D eigenvalue weighted by Gasteiger charge is -2.15. The quantitative estimate of drug-likeness (QED) is 0.810. The summed E-state index contributed by atoms with van der Waals surface area (Å²) in [5.74, 6) is 1.20. The molecule has 0 aliphatic heterocycles. The first-order chi connectivity index (χ1) is 7.58. The fourth-order valence-electron chi connectivity index (χ4n) is 1.30. The molecule has 0 amide bonds. The van der Waals surface area contributed by atoms with E-state index in [0.717, 1.165) is 5.56 Å². The Kier molecular flexibility index (Phi) is 4.45. The van der Waals surface area contributed by atoms with Gasteiger partial charge in [0.15, 0.2) is 11.5 Å². The first-order valence-corrected chi connectivity index (χ1v) is 5.36. The van der Waals surface area contributed by atoms with Gasteiger partial charge in [0, 0.05) is 11.1 Å². The van der Waals surface area contributed by atoms with E-state index in [9.17, 15) is 0 Å². The molecule has 0 fully saturated rings. The summed E-state index contributed by atoms with van der Waals surface area (Å²) in [6.07, 6.45) is 0.309. The second-order valence-electron chi connectivity index (χ2n) is 3.60. The van der Waals surface area contributed by atoms with Gasteiger partial charge in [0.2, 0.25) is 0 Å². The number of ether oxygens (including phenoxy) is 2. The summed E-state index contributed by atoms with van der Waals surface area (Å²) in [6, 6.07) is 5.48. The summed E-state index contributed by atoms with van der Waals surface area (Å²) in [4.78, 5) is 0. The lowest BCUT2D eigenvalue weighted by Crippen LogP contribution is -2.07. The Balaban J connectivity index is 3.11. The van der Waals surface area contributed by atoms with Gasteiger partial charge in [-0.25, -0.2) is 0 Å². The van der Waals surface area contributed by atoms with Gasteiger partial charge in [-0.15, -0.1) is 0 Å². The highest BCUT2D eigenvalue weighted by Crippen LogP contribution is 2.34. The highest BCUT2D eigenvalue weighted by molar-refractivity contribution is 6.31. The Morgan fingerprint density at radius 1 is 1.38 bits per heavy atom. The zero-order valence-corrected chi connectivity index (χ0v) is 10.3. The molecule has 1 aromatic rings. The molecule has 0 unspecified atom stereocenters. The third kappa shape index (κ3) is 3.04. The normalized spacial score (nSPS) is 10.0. The zero-order chi connectivity index (χ0) is 12.1. The van der Waals surface area contributed by atoms with Crippen LogP contribution >= 0.6 is 11.6 Å². The molecule has 1 aromatic carbocycles. The second kappa shape index (κ2) is 5.62. The van der Waals surface area contributed by atoms with E-state index in [0.29, 0.717) is 16.5 Å². The fourth-order valence-corrected chi connectivity index (χ4v) is 1.52. The van der Waals surface area contributed by atoms with Crippen molar-refractivity contribution in [2.24, 2.45) is 0 Å². The minimum absolute atomic E-state index is 0.0479. The maximum atomic E-state index is 8.64. The summed E-state index contributed by atoms with van der Waals surface area (Å²) < 4.78 is 10.8. The standard InChI is InChI=1S/C12H14ClNO2/c1-8(2)16-12-7-10(13)9(4-5-14)6-11(12)15-3/h6-8H,4H2,1-3H3. The van der Waals surface area contributed by atoms with E-state index in [1.165, 1.54) is 0 Å². The second-order valence-corrected chi connectivity index (χ2v) is 4.00. The van der Waals surface area contributed by atoms with Crippen LogP contribution in [0.25, 0.3) is 0 Å². The number of nitriles is 1. The number of rotatable bonds is 4. The maximum Gasteiger partial charge on any atom is 0.163 e. The van der Waals surface area contributed by atoms with Crippen LogP contribution in [-0.4, -0.2) is 13.2 Å². The molecule has 0 radical (unpaired) electrons. The van der Waals surface area contributed by atoms with Gasteiger partial charge in [-0.2, -0.15) is 5.26 Å². The van der Waals surface area contributed by atoms with Gasteiger partial charge in [-0.3, -0.25) is 0 Å². The van der Waals surface area contributed by atoms with E-state index in [4.69, 9.17) is 26.3 Å². The molecule has 0 saturated carbocycles. The summed E-state index contributed by atoms with van der Waals surface area (Å²) in [6.45, 7) is 3.85. The minimum atomic E-state index is 0.0479. The van der Waals surface area contributed by atoms with Crippen LogP contribution in [0.5, 0.6) is 11.5 Å². The molecule has 1 rings (SSSR count). The summed E-state index contributed by atoms with van der Waals surface area (Å²) in [5.41, 5.74) is 0.747. The van der Waals surface area contributed by atoms with E-state index in [2.05, 4.69) is 6.07 Å². The van der Waals surface area contributed by atoms with Crippen LogP contribution < -0.4 is 9.47 Å². The lowest BCUT2D eigenvalue weighted by atomic mass is 10.1. The van der Waals surface area contributed by atoms with Crippen LogP contribution in [0.2, 0.25) is 5.02 Å². The van der Waals surface area contributed by atoms with E-state index >= 15 is 0 Å². The molecular formula is C12H14ClNO2. The molecule has 0 spiro atoms. The molecule has 0 saturated heterocycles. The zero-order valence-electron chi connectivity index (χ0n) is 9.58. The molecule has 3 nitrogen and oxygen atoms in total. The number of benzene rings is 1. The van der Waals surface area contributed by atoms with Crippen molar-refractivity contribution in [3.05, 3.63) is 22.7 Å². The van der Waals surface area contributed by atoms with Gasteiger partial charge in [0.1, 0.15) is 0 Å². The van der Waals surface area contributed by atoms with Gasteiger partial charge < -0.3 is 9.47 Å². The van der Waals surface area contributed by atoms with E-state index in [1.807, 2.05) is 13.8 Å². The number of hydrogen-bond donors (Lipinski definition) is 0. The molecule has 0 atom stereocenters. The van der Waals surface area contributed by atoms with Crippen LogP contribution in [0.15, 0.2) is 12.1 Å². The summed E-state index contributed by atoms with van der Waals surface area (Å²) in [7, 11) is 1.56. The van der Waals surface area contributed by atoms with E-state index in [1.54, 1.807) is 19.2 Å². The Labute approximate surface area is 101 Å². The lowest BCUT2D eigenvalue weighted by molar-refractivity contribution is 0.230. The summed E-state index contributed by atoms with van der Waals surface area (Å²) >= 11 is 6.03. The van der Waals surface area contributed by atoms with Crippen molar-refractivity contribution in [1.29, 1.82) is 5.26 Å². The topological polar surface area (TPSA) is 42.2 Å². The molecule has 86 valence electrons. The SMILES string of the molecule is COc1cc(CC#N)c(Cl)cc1OC(C)C. The van der Waals surface area contributed by atoms with Crippen molar-refractivity contribution in [3.63, 3.8) is 0 Å². The smallest absolute Gasteiger partial charge is 0.163 e. The van der Waals surface area contributed by atoms with Gasteiger partial charge >= 0.3 is 0 Å². The monoisotopic (exact) mass is 239 g/mol. The average Bonchev–Trinajstić information content (AvgIpc) is 2.21. The predicted molar refractivity (Wildman–Crippen MR) is 63.1 cm³/mol. The molecule has 0 N–H and O–H groups in total. The van der Waals surface area contributed by atoms with Gasteiger partial charge in [0.25, 0.3) is 0 Å². The number of nitrogens with zero attached hydrogens (tertiary/aromatic N) is 1. The van der Waals surface area contributed by atoms with Crippen molar-refractivity contribution < 1.29 is 9.47 Å². The summed E-state index contributed by atoms with van der Waals surface area (Å²) in [5, 5.41) is 9.17. The van der Waals surface area contributed by atoms with Crippen molar-refractivity contribution in [3.8, 4) is 17.6 Å². The molecule has 0 aliphatic carbocycles. The molecule has 0 heterocycles. The van der Waals surface area contributed by atoms with Crippen LogP contribution in [0.1, 0.15) is 19.4 Å². The van der Waals surface area contributed by atoms with Crippen LogP contribution in [0, 0.1) is 11.3 Å². The first kappa shape index (κ1) is 12.7. The first-order valence-electron chi connectivity index (χ1n) is 4.98. The Morgan fingerprint density at radius 2 is 2.06 bits per heavy atom. The Hall–Kier alpha value is -1.40. The van der Waals surface area contributed by atoms with Crippen LogP contribution in [-0.2, 0) is 6.42 Å². The van der Waals surface area contributed by atoms with Gasteiger partial charge in [0.05, 0.1) is 25.7 Å². The van der Waals surface area contributed by atoms with Crippen LogP contribution in [0.3, 0.4) is 0 Å². The third-order valence-electron chi connectivity index (χ3n) is 1.96. The average molecular weight is 240 g/mol. The predicted octanol–water partition coefficient (Wildman–Crippen LogP) is 3.20. The van der Waals surface area contributed by atoms with E-state index < -0.39 is 0 Å². The van der Waals surface area contributed by atoms with Gasteiger partial charge in [-0.1, -0.05) is 11.6 Å². The molecule has 16 heavy (non-hydrogen) atoms.